The van der Waals surface area contributed by atoms with E-state index in [1.165, 1.54) is 4.57 Å². The number of aromatic nitrogens is 2. The van der Waals surface area contributed by atoms with E-state index in [2.05, 4.69) is 15.6 Å². The molecule has 1 aliphatic heterocycles. The van der Waals surface area contributed by atoms with Crippen molar-refractivity contribution in [3.8, 4) is 0 Å². The lowest BCUT2D eigenvalue weighted by atomic mass is 10.2. The molecule has 0 aliphatic carbocycles. The number of anilines is 2. The SMILES string of the molecule is O=C(Nc1ccc(Cl)cc1)Nc1c2ccccc2nc(=O)n1CC1CCCO1. The fraction of sp³-hybridized carbons (Fsp3) is 0.250. The molecule has 0 saturated carbocycles. The van der Waals surface area contributed by atoms with Crippen LogP contribution < -0.4 is 16.3 Å². The highest BCUT2D eigenvalue weighted by molar-refractivity contribution is 6.30. The lowest BCUT2D eigenvalue weighted by molar-refractivity contribution is 0.0964. The van der Waals surface area contributed by atoms with Gasteiger partial charge in [0, 0.05) is 22.7 Å². The average molecular weight is 399 g/mol. The van der Waals surface area contributed by atoms with E-state index in [1.807, 2.05) is 12.1 Å². The number of hydrogen-bond donors (Lipinski definition) is 2. The van der Waals surface area contributed by atoms with Crippen molar-refractivity contribution in [1.29, 1.82) is 0 Å². The molecule has 1 atom stereocenters. The summed E-state index contributed by atoms with van der Waals surface area (Å²) >= 11 is 5.88. The van der Waals surface area contributed by atoms with E-state index in [0.717, 1.165) is 12.8 Å². The van der Waals surface area contributed by atoms with Gasteiger partial charge in [-0.15, -0.1) is 0 Å². The smallest absolute Gasteiger partial charge is 0.349 e. The van der Waals surface area contributed by atoms with Gasteiger partial charge in [0.25, 0.3) is 0 Å². The Kier molecular flexibility index (Phi) is 5.27. The summed E-state index contributed by atoms with van der Waals surface area (Å²) in [5, 5.41) is 6.83. The predicted octanol–water partition coefficient (Wildman–Crippen LogP) is 3.87. The van der Waals surface area contributed by atoms with Crippen LogP contribution in [0.15, 0.2) is 53.3 Å². The number of fused-ring (bicyclic) bond motifs is 1. The topological polar surface area (TPSA) is 85.3 Å². The highest BCUT2D eigenvalue weighted by Crippen LogP contribution is 2.23. The van der Waals surface area contributed by atoms with Crippen molar-refractivity contribution in [3.63, 3.8) is 0 Å². The summed E-state index contributed by atoms with van der Waals surface area (Å²) in [6, 6.07) is 13.5. The van der Waals surface area contributed by atoms with Gasteiger partial charge in [-0.2, -0.15) is 4.98 Å². The van der Waals surface area contributed by atoms with Crippen LogP contribution in [0.3, 0.4) is 0 Å². The van der Waals surface area contributed by atoms with Crippen LogP contribution in [0, 0.1) is 0 Å². The number of halogens is 1. The van der Waals surface area contributed by atoms with E-state index in [1.54, 1.807) is 36.4 Å². The molecule has 2 heterocycles. The monoisotopic (exact) mass is 398 g/mol. The molecule has 2 aromatic carbocycles. The quantitative estimate of drug-likeness (QED) is 0.698. The number of urea groups is 1. The molecule has 1 aromatic heterocycles. The van der Waals surface area contributed by atoms with Crippen LogP contribution >= 0.6 is 11.6 Å². The molecular formula is C20H19ClN4O3. The Bertz CT molecular complexity index is 1060. The van der Waals surface area contributed by atoms with Crippen LogP contribution in [0.2, 0.25) is 5.02 Å². The van der Waals surface area contributed by atoms with Gasteiger partial charge in [-0.05, 0) is 49.2 Å². The van der Waals surface area contributed by atoms with Gasteiger partial charge in [-0.1, -0.05) is 23.7 Å². The number of nitrogens with zero attached hydrogens (tertiary/aromatic N) is 2. The first-order chi connectivity index (χ1) is 13.6. The highest BCUT2D eigenvalue weighted by atomic mass is 35.5. The van der Waals surface area contributed by atoms with Crippen molar-refractivity contribution in [3.05, 3.63) is 64.0 Å². The summed E-state index contributed by atoms with van der Waals surface area (Å²) in [7, 11) is 0. The molecule has 28 heavy (non-hydrogen) atoms. The Balaban J connectivity index is 1.67. The van der Waals surface area contributed by atoms with Gasteiger partial charge < -0.3 is 10.1 Å². The first-order valence-corrected chi connectivity index (χ1v) is 9.43. The standard InChI is InChI=1S/C20H19ClN4O3/c21-13-7-9-14(10-8-13)22-19(26)24-18-16-5-1-2-6-17(16)23-20(27)25(18)12-15-4-3-11-28-15/h1-2,5-10,15H,3-4,11-12H2,(H2,22,24,26). The van der Waals surface area contributed by atoms with Crippen LogP contribution in [-0.2, 0) is 11.3 Å². The second kappa shape index (κ2) is 8.00. The molecule has 3 aromatic rings. The Morgan fingerprint density at radius 1 is 1.18 bits per heavy atom. The third-order valence-electron chi connectivity index (χ3n) is 4.62. The molecular weight excluding hydrogens is 380 g/mol. The maximum Gasteiger partial charge on any atom is 0.349 e. The summed E-state index contributed by atoms with van der Waals surface area (Å²) in [6.45, 7) is 1.02. The Morgan fingerprint density at radius 3 is 2.71 bits per heavy atom. The second-order valence-corrected chi connectivity index (χ2v) is 7.03. The number of amides is 2. The van der Waals surface area contributed by atoms with Crippen molar-refractivity contribution in [2.75, 3.05) is 17.2 Å². The minimum atomic E-state index is -0.459. The number of nitrogens with one attached hydrogen (secondary N) is 2. The second-order valence-electron chi connectivity index (χ2n) is 6.59. The fourth-order valence-corrected chi connectivity index (χ4v) is 3.40. The van der Waals surface area contributed by atoms with Crippen molar-refractivity contribution in [2.24, 2.45) is 0 Å². The predicted molar refractivity (Wildman–Crippen MR) is 109 cm³/mol. The highest BCUT2D eigenvalue weighted by Gasteiger charge is 2.21. The molecule has 0 spiro atoms. The maximum absolute atomic E-state index is 12.6. The zero-order valence-corrected chi connectivity index (χ0v) is 15.8. The molecule has 7 nitrogen and oxygen atoms in total. The summed E-state index contributed by atoms with van der Waals surface area (Å²) in [5.74, 6) is 0.401. The molecule has 1 aliphatic rings. The largest absolute Gasteiger partial charge is 0.376 e. The van der Waals surface area contributed by atoms with Gasteiger partial charge in [-0.25, -0.2) is 9.59 Å². The molecule has 1 unspecified atom stereocenters. The van der Waals surface area contributed by atoms with Gasteiger partial charge in [0.1, 0.15) is 5.82 Å². The molecule has 144 valence electrons. The van der Waals surface area contributed by atoms with Crippen LogP contribution in [0.1, 0.15) is 12.8 Å². The number of carbonyl (C=O) groups excluding carboxylic acids is 1. The Morgan fingerprint density at radius 2 is 1.96 bits per heavy atom. The van der Waals surface area contributed by atoms with E-state index in [4.69, 9.17) is 16.3 Å². The summed E-state index contributed by atoms with van der Waals surface area (Å²) in [6.07, 6.45) is 1.76. The van der Waals surface area contributed by atoms with Crippen molar-refractivity contribution in [1.82, 2.24) is 9.55 Å². The van der Waals surface area contributed by atoms with E-state index < -0.39 is 11.7 Å². The lowest BCUT2D eigenvalue weighted by Crippen LogP contribution is -2.33. The number of benzene rings is 2. The van der Waals surface area contributed by atoms with Crippen molar-refractivity contribution in [2.45, 2.75) is 25.5 Å². The van der Waals surface area contributed by atoms with Crippen molar-refractivity contribution < 1.29 is 9.53 Å². The summed E-state index contributed by atoms with van der Waals surface area (Å²) < 4.78 is 7.13. The third-order valence-corrected chi connectivity index (χ3v) is 4.87. The van der Waals surface area contributed by atoms with Gasteiger partial charge in [0.15, 0.2) is 0 Å². The van der Waals surface area contributed by atoms with Crippen LogP contribution in [0.4, 0.5) is 16.3 Å². The third kappa shape index (κ3) is 4.00. The molecule has 1 fully saturated rings. The van der Waals surface area contributed by atoms with Crippen LogP contribution in [0.25, 0.3) is 10.9 Å². The Labute approximate surface area is 166 Å². The normalized spacial score (nSPS) is 16.2. The average Bonchev–Trinajstić information content (AvgIpc) is 3.19. The molecule has 0 radical (unpaired) electrons. The maximum atomic E-state index is 12.6. The van der Waals surface area contributed by atoms with E-state index in [-0.39, 0.29) is 6.10 Å². The number of rotatable bonds is 4. The fourth-order valence-electron chi connectivity index (χ4n) is 3.28. The van der Waals surface area contributed by atoms with E-state index >= 15 is 0 Å². The number of ether oxygens (including phenoxy) is 1. The molecule has 8 heteroatoms. The summed E-state index contributed by atoms with van der Waals surface area (Å²) in [4.78, 5) is 29.4. The molecule has 0 bridgehead atoms. The zero-order valence-electron chi connectivity index (χ0n) is 15.0. The van der Waals surface area contributed by atoms with E-state index in [0.29, 0.717) is 40.6 Å². The van der Waals surface area contributed by atoms with Gasteiger partial charge in [-0.3, -0.25) is 9.88 Å². The Hall–Kier alpha value is -2.90. The lowest BCUT2D eigenvalue weighted by Gasteiger charge is -2.18. The molecule has 2 amide bonds. The van der Waals surface area contributed by atoms with E-state index in [9.17, 15) is 9.59 Å². The van der Waals surface area contributed by atoms with Gasteiger partial charge in [0.2, 0.25) is 0 Å². The van der Waals surface area contributed by atoms with Gasteiger partial charge >= 0.3 is 11.7 Å². The minimum absolute atomic E-state index is 0.0689. The molecule has 4 rings (SSSR count). The van der Waals surface area contributed by atoms with Crippen molar-refractivity contribution >= 4 is 40.0 Å². The summed E-state index contributed by atoms with van der Waals surface area (Å²) in [5.41, 5.74) is 0.696. The first kappa shape index (κ1) is 18.5. The first-order valence-electron chi connectivity index (χ1n) is 9.05. The zero-order chi connectivity index (χ0) is 19.5. The molecule has 2 N–H and O–H groups in total. The van der Waals surface area contributed by atoms with Gasteiger partial charge in [0.05, 0.1) is 18.2 Å². The number of para-hydroxylation sites is 1. The number of hydrogen-bond acceptors (Lipinski definition) is 4. The number of carbonyl (C=O) groups is 1. The minimum Gasteiger partial charge on any atom is -0.376 e. The van der Waals surface area contributed by atoms with Crippen LogP contribution in [-0.4, -0.2) is 28.3 Å². The van der Waals surface area contributed by atoms with Crippen LogP contribution in [0.5, 0.6) is 0 Å². The molecule has 1 saturated heterocycles.